The molecule has 0 spiro atoms. The fraction of sp³-hybridized carbons (Fsp3) is 0.846. The molecule has 0 bridgehead atoms. The minimum Gasteiger partial charge on any atom is -0.444 e. The van der Waals surface area contributed by atoms with Gasteiger partial charge in [-0.1, -0.05) is 5.21 Å². The van der Waals surface area contributed by atoms with E-state index in [9.17, 15) is 4.79 Å². The van der Waals surface area contributed by atoms with Crippen molar-refractivity contribution in [2.24, 2.45) is 0 Å². The van der Waals surface area contributed by atoms with Crippen LogP contribution in [0.1, 0.15) is 45.9 Å². The van der Waals surface area contributed by atoms with Crippen molar-refractivity contribution in [2.75, 3.05) is 13.1 Å². The lowest BCUT2D eigenvalue weighted by Crippen LogP contribution is -2.50. The fourth-order valence-corrected chi connectivity index (χ4v) is 2.38. The van der Waals surface area contributed by atoms with E-state index in [1.807, 2.05) is 25.7 Å². The molecule has 1 aromatic rings. The lowest BCUT2D eigenvalue weighted by Gasteiger charge is -2.36. The number of H-pyrrole nitrogens is 1. The van der Waals surface area contributed by atoms with Gasteiger partial charge in [-0.2, -0.15) is 5.21 Å². The first-order valence-corrected chi connectivity index (χ1v) is 7.38. The average Bonchev–Trinajstić information content (AvgIpc) is 2.90. The summed E-state index contributed by atoms with van der Waals surface area (Å²) in [5.74, 6) is 0.620. The van der Waals surface area contributed by atoms with E-state index in [1.54, 1.807) is 0 Å². The zero-order valence-corrected chi connectivity index (χ0v) is 12.9. The van der Waals surface area contributed by atoms with E-state index in [0.29, 0.717) is 18.9 Å². The lowest BCUT2D eigenvalue weighted by molar-refractivity contribution is 0.00992. The highest BCUT2D eigenvalue weighted by Crippen LogP contribution is 2.20. The molecule has 1 aliphatic heterocycles. The molecule has 1 aromatic heterocycles. The number of rotatable bonds is 4. The van der Waals surface area contributed by atoms with Crippen LogP contribution in [0.25, 0.3) is 0 Å². The van der Waals surface area contributed by atoms with Gasteiger partial charge in [-0.05, 0) is 40.0 Å². The normalized spacial score (nSPS) is 19.6. The van der Waals surface area contributed by atoms with Crippen molar-refractivity contribution in [2.45, 2.75) is 58.2 Å². The molecule has 1 atom stereocenters. The van der Waals surface area contributed by atoms with Crippen LogP contribution < -0.4 is 5.32 Å². The van der Waals surface area contributed by atoms with Crippen LogP contribution >= 0.6 is 0 Å². The summed E-state index contributed by atoms with van der Waals surface area (Å²) < 4.78 is 5.48. The molecule has 1 saturated heterocycles. The van der Waals surface area contributed by atoms with E-state index < -0.39 is 5.60 Å². The van der Waals surface area contributed by atoms with Crippen molar-refractivity contribution in [1.29, 1.82) is 0 Å². The molecule has 0 aromatic carbocycles. The molecule has 118 valence electrons. The fourth-order valence-electron chi connectivity index (χ4n) is 2.38. The molecule has 0 radical (unpaired) electrons. The quantitative estimate of drug-likeness (QED) is 0.863. The number of carbonyl (C=O) groups is 1. The molecular formula is C13H24N6O2. The Hall–Kier alpha value is -1.70. The lowest BCUT2D eigenvalue weighted by atomic mass is 10.0. The molecule has 1 fully saturated rings. The summed E-state index contributed by atoms with van der Waals surface area (Å²) in [7, 11) is 0. The topological polar surface area (TPSA) is 96.0 Å². The van der Waals surface area contributed by atoms with Gasteiger partial charge in [0.05, 0.1) is 6.54 Å². The molecule has 21 heavy (non-hydrogen) atoms. The highest BCUT2D eigenvalue weighted by Gasteiger charge is 2.30. The van der Waals surface area contributed by atoms with Gasteiger partial charge in [0, 0.05) is 19.1 Å². The number of ether oxygens (including phenoxy) is 1. The van der Waals surface area contributed by atoms with Crippen molar-refractivity contribution in [3.8, 4) is 0 Å². The molecule has 1 amide bonds. The van der Waals surface area contributed by atoms with E-state index in [4.69, 9.17) is 4.74 Å². The van der Waals surface area contributed by atoms with Crippen molar-refractivity contribution < 1.29 is 9.53 Å². The molecule has 8 nitrogen and oxygen atoms in total. The van der Waals surface area contributed by atoms with Gasteiger partial charge in [0.1, 0.15) is 5.60 Å². The average molecular weight is 296 g/mol. The van der Waals surface area contributed by atoms with Crippen molar-refractivity contribution in [1.82, 2.24) is 30.8 Å². The second kappa shape index (κ2) is 6.84. The number of carbonyl (C=O) groups excluding carboxylic acids is 1. The van der Waals surface area contributed by atoms with Gasteiger partial charge in [-0.15, -0.1) is 10.2 Å². The van der Waals surface area contributed by atoms with E-state index in [-0.39, 0.29) is 12.1 Å². The van der Waals surface area contributed by atoms with Gasteiger partial charge in [0.15, 0.2) is 5.82 Å². The molecule has 1 aliphatic rings. The van der Waals surface area contributed by atoms with E-state index in [1.165, 1.54) is 0 Å². The Morgan fingerprint density at radius 1 is 1.48 bits per heavy atom. The number of nitrogens with zero attached hydrogens (tertiary/aromatic N) is 4. The monoisotopic (exact) mass is 296 g/mol. The van der Waals surface area contributed by atoms with Crippen LogP contribution in [-0.2, 0) is 11.3 Å². The number of amides is 1. The first-order valence-electron chi connectivity index (χ1n) is 7.38. The van der Waals surface area contributed by atoms with Crippen LogP contribution in [0.2, 0.25) is 0 Å². The SMILES string of the molecule is CC(C)(C)OC(=O)N1CCCCC1CNCc1nn[nH]n1. The first-order chi connectivity index (χ1) is 9.96. The third-order valence-electron chi connectivity index (χ3n) is 3.31. The number of piperidine rings is 1. The second-order valence-electron chi connectivity index (χ2n) is 6.28. The Balaban J connectivity index is 1.84. The molecule has 2 rings (SSSR count). The summed E-state index contributed by atoms with van der Waals surface area (Å²) in [4.78, 5) is 14.1. The summed E-state index contributed by atoms with van der Waals surface area (Å²) in [6.07, 6.45) is 2.92. The molecule has 0 saturated carbocycles. The minimum atomic E-state index is -0.461. The Labute approximate surface area is 124 Å². The Bertz CT molecular complexity index is 442. The predicted molar refractivity (Wildman–Crippen MR) is 76.5 cm³/mol. The number of aromatic amines is 1. The van der Waals surface area contributed by atoms with Crippen LogP contribution in [0, 0.1) is 0 Å². The maximum atomic E-state index is 12.3. The number of likely N-dealkylation sites (tertiary alicyclic amines) is 1. The summed E-state index contributed by atoms with van der Waals surface area (Å²) in [5.41, 5.74) is -0.461. The standard InChI is InChI=1S/C13H24N6O2/c1-13(2,3)21-12(20)19-7-5-4-6-10(19)8-14-9-11-15-17-18-16-11/h10,14H,4-9H2,1-3H3,(H,15,16,17,18). The van der Waals surface area contributed by atoms with Crippen LogP contribution in [0.3, 0.4) is 0 Å². The molecular weight excluding hydrogens is 272 g/mol. The number of nitrogens with one attached hydrogen (secondary N) is 2. The summed E-state index contributed by atoms with van der Waals surface area (Å²) in [6.45, 7) is 7.65. The highest BCUT2D eigenvalue weighted by atomic mass is 16.6. The summed E-state index contributed by atoms with van der Waals surface area (Å²) >= 11 is 0. The minimum absolute atomic E-state index is 0.153. The molecule has 8 heteroatoms. The zero-order chi connectivity index (χ0) is 15.3. The predicted octanol–water partition coefficient (Wildman–Crippen LogP) is 1.08. The number of tetrazole rings is 1. The van der Waals surface area contributed by atoms with Crippen LogP contribution in [-0.4, -0.2) is 56.3 Å². The molecule has 2 N–H and O–H groups in total. The smallest absolute Gasteiger partial charge is 0.410 e. The molecule has 2 heterocycles. The maximum Gasteiger partial charge on any atom is 0.410 e. The van der Waals surface area contributed by atoms with Gasteiger partial charge >= 0.3 is 6.09 Å². The Morgan fingerprint density at radius 2 is 2.29 bits per heavy atom. The van der Waals surface area contributed by atoms with Gasteiger partial charge in [-0.25, -0.2) is 4.79 Å². The number of hydrogen-bond donors (Lipinski definition) is 2. The van der Waals surface area contributed by atoms with Gasteiger partial charge < -0.3 is 15.0 Å². The van der Waals surface area contributed by atoms with E-state index in [0.717, 1.165) is 25.8 Å². The van der Waals surface area contributed by atoms with Crippen molar-refractivity contribution >= 4 is 6.09 Å². The molecule has 1 unspecified atom stereocenters. The first kappa shape index (κ1) is 15.7. The van der Waals surface area contributed by atoms with Crippen LogP contribution in [0.4, 0.5) is 4.79 Å². The third-order valence-corrected chi connectivity index (χ3v) is 3.31. The summed E-state index contributed by atoms with van der Waals surface area (Å²) in [6, 6.07) is 0.153. The number of hydrogen-bond acceptors (Lipinski definition) is 6. The maximum absolute atomic E-state index is 12.3. The van der Waals surface area contributed by atoms with Crippen molar-refractivity contribution in [3.63, 3.8) is 0 Å². The largest absolute Gasteiger partial charge is 0.444 e. The number of aromatic nitrogens is 4. The Morgan fingerprint density at radius 3 is 2.95 bits per heavy atom. The second-order valence-corrected chi connectivity index (χ2v) is 6.28. The van der Waals surface area contributed by atoms with Gasteiger partial charge in [0.25, 0.3) is 0 Å². The summed E-state index contributed by atoms with van der Waals surface area (Å²) in [5, 5.41) is 17.0. The van der Waals surface area contributed by atoms with E-state index in [2.05, 4.69) is 25.9 Å². The van der Waals surface area contributed by atoms with Gasteiger partial charge in [0.2, 0.25) is 0 Å². The van der Waals surface area contributed by atoms with E-state index >= 15 is 0 Å². The highest BCUT2D eigenvalue weighted by molar-refractivity contribution is 5.68. The van der Waals surface area contributed by atoms with Crippen LogP contribution in [0.15, 0.2) is 0 Å². The van der Waals surface area contributed by atoms with Crippen LogP contribution in [0.5, 0.6) is 0 Å². The Kier molecular flexibility index (Phi) is 5.11. The zero-order valence-electron chi connectivity index (χ0n) is 12.9. The molecule has 0 aliphatic carbocycles. The van der Waals surface area contributed by atoms with Gasteiger partial charge in [-0.3, -0.25) is 0 Å². The van der Waals surface area contributed by atoms with Crippen molar-refractivity contribution in [3.05, 3.63) is 5.82 Å². The third kappa shape index (κ3) is 4.96.